The predicted molar refractivity (Wildman–Crippen MR) is 52.1 cm³/mol. The third-order valence-electron chi connectivity index (χ3n) is 2.08. The van der Waals surface area contributed by atoms with Crippen molar-refractivity contribution in [1.29, 1.82) is 0 Å². The van der Waals surface area contributed by atoms with Crippen LogP contribution in [-0.2, 0) is 4.79 Å². The minimum Gasteiger partial charge on any atom is -0.494 e. The quantitative estimate of drug-likeness (QED) is 0.822. The van der Waals surface area contributed by atoms with Crippen LogP contribution in [0, 0.1) is 11.6 Å². The van der Waals surface area contributed by atoms with Crippen LogP contribution in [0.5, 0.6) is 5.75 Å². The van der Waals surface area contributed by atoms with E-state index in [2.05, 4.69) is 4.74 Å². The highest BCUT2D eigenvalue weighted by Crippen LogP contribution is 2.28. The molecule has 0 radical (unpaired) electrons. The molecule has 0 saturated carbocycles. The summed E-state index contributed by atoms with van der Waals surface area (Å²) in [5.41, 5.74) is 4.93. The van der Waals surface area contributed by atoms with Gasteiger partial charge in [0.05, 0.1) is 13.5 Å². The SMILES string of the molecule is COc1ccc(F)c([C@@H](N)CC(=O)O)c1F. The summed E-state index contributed by atoms with van der Waals surface area (Å²) in [6, 6.07) is 0.855. The molecule has 0 heterocycles. The number of aliphatic carboxylic acids is 1. The molecule has 16 heavy (non-hydrogen) atoms. The minimum absolute atomic E-state index is 0.169. The third kappa shape index (κ3) is 2.46. The highest BCUT2D eigenvalue weighted by Gasteiger charge is 2.22. The van der Waals surface area contributed by atoms with E-state index in [4.69, 9.17) is 10.8 Å². The summed E-state index contributed by atoms with van der Waals surface area (Å²) >= 11 is 0. The number of carboxylic acid groups (broad SMARTS) is 1. The predicted octanol–water partition coefficient (Wildman–Crippen LogP) is 1.45. The van der Waals surface area contributed by atoms with Crippen LogP contribution in [0.4, 0.5) is 8.78 Å². The first-order chi connectivity index (χ1) is 7.47. The Morgan fingerprint density at radius 2 is 2.19 bits per heavy atom. The number of carbonyl (C=O) groups is 1. The van der Waals surface area contributed by atoms with Crippen LogP contribution >= 0.6 is 0 Å². The maximum Gasteiger partial charge on any atom is 0.305 e. The minimum atomic E-state index is -1.24. The molecule has 0 bridgehead atoms. The lowest BCUT2D eigenvalue weighted by molar-refractivity contribution is -0.137. The van der Waals surface area contributed by atoms with E-state index in [0.717, 1.165) is 12.1 Å². The largest absolute Gasteiger partial charge is 0.494 e. The van der Waals surface area contributed by atoms with Crippen LogP contribution in [0.1, 0.15) is 18.0 Å². The van der Waals surface area contributed by atoms with E-state index in [1.54, 1.807) is 0 Å². The van der Waals surface area contributed by atoms with E-state index < -0.39 is 35.6 Å². The zero-order valence-electron chi connectivity index (χ0n) is 8.54. The average molecular weight is 231 g/mol. The van der Waals surface area contributed by atoms with Gasteiger partial charge in [0.2, 0.25) is 0 Å². The van der Waals surface area contributed by atoms with Crippen LogP contribution < -0.4 is 10.5 Å². The molecule has 0 unspecified atom stereocenters. The number of rotatable bonds is 4. The summed E-state index contributed by atoms with van der Waals surface area (Å²) in [4.78, 5) is 10.4. The second kappa shape index (κ2) is 4.89. The molecule has 0 aliphatic heterocycles. The van der Waals surface area contributed by atoms with Gasteiger partial charge in [-0.1, -0.05) is 0 Å². The Morgan fingerprint density at radius 1 is 1.56 bits per heavy atom. The summed E-state index contributed by atoms with van der Waals surface area (Å²) in [6.45, 7) is 0. The number of nitrogens with two attached hydrogens (primary N) is 1. The van der Waals surface area contributed by atoms with Crippen molar-refractivity contribution in [2.45, 2.75) is 12.5 Å². The fourth-order valence-corrected chi connectivity index (χ4v) is 1.34. The first-order valence-electron chi connectivity index (χ1n) is 4.46. The maximum atomic E-state index is 13.6. The zero-order valence-corrected chi connectivity index (χ0v) is 8.54. The van der Waals surface area contributed by atoms with Gasteiger partial charge in [-0.25, -0.2) is 8.78 Å². The van der Waals surface area contributed by atoms with E-state index in [-0.39, 0.29) is 5.75 Å². The number of halogens is 2. The second-order valence-electron chi connectivity index (χ2n) is 3.18. The summed E-state index contributed by atoms with van der Waals surface area (Å²) in [6.07, 6.45) is -0.555. The maximum absolute atomic E-state index is 13.6. The molecule has 0 fully saturated rings. The van der Waals surface area contributed by atoms with Crippen LogP contribution in [0.2, 0.25) is 0 Å². The van der Waals surface area contributed by atoms with Gasteiger partial charge in [0.25, 0.3) is 0 Å². The molecule has 1 atom stereocenters. The summed E-state index contributed by atoms with van der Waals surface area (Å²) in [5, 5.41) is 8.50. The monoisotopic (exact) mass is 231 g/mol. The second-order valence-corrected chi connectivity index (χ2v) is 3.18. The van der Waals surface area contributed by atoms with E-state index in [1.807, 2.05) is 0 Å². The number of hydrogen-bond donors (Lipinski definition) is 2. The molecule has 3 N–H and O–H groups in total. The van der Waals surface area contributed by atoms with E-state index in [0.29, 0.717) is 0 Å². The van der Waals surface area contributed by atoms with Crippen molar-refractivity contribution in [1.82, 2.24) is 0 Å². The molecule has 4 nitrogen and oxygen atoms in total. The van der Waals surface area contributed by atoms with Crippen LogP contribution in [0.25, 0.3) is 0 Å². The van der Waals surface area contributed by atoms with Gasteiger partial charge < -0.3 is 15.6 Å². The Morgan fingerprint density at radius 3 is 2.69 bits per heavy atom. The van der Waals surface area contributed by atoms with Crippen molar-refractivity contribution in [3.05, 3.63) is 29.3 Å². The van der Waals surface area contributed by atoms with Gasteiger partial charge in [-0.15, -0.1) is 0 Å². The topological polar surface area (TPSA) is 72.5 Å². The molecule has 0 amide bonds. The molecule has 0 saturated heterocycles. The highest BCUT2D eigenvalue weighted by atomic mass is 19.1. The first-order valence-corrected chi connectivity index (χ1v) is 4.46. The van der Waals surface area contributed by atoms with Gasteiger partial charge in [0, 0.05) is 11.6 Å². The molecule has 0 spiro atoms. The normalized spacial score (nSPS) is 12.2. The highest BCUT2D eigenvalue weighted by molar-refractivity contribution is 5.68. The number of carboxylic acids is 1. The molecule has 0 aromatic heterocycles. The van der Waals surface area contributed by atoms with E-state index in [1.165, 1.54) is 7.11 Å². The molecule has 0 aliphatic carbocycles. The molecule has 1 aromatic rings. The summed E-state index contributed by atoms with van der Waals surface area (Å²) < 4.78 is 31.5. The van der Waals surface area contributed by atoms with Gasteiger partial charge in [0.1, 0.15) is 5.82 Å². The lowest BCUT2D eigenvalue weighted by atomic mass is 10.0. The van der Waals surface area contributed by atoms with Crippen molar-refractivity contribution in [2.75, 3.05) is 7.11 Å². The van der Waals surface area contributed by atoms with E-state index in [9.17, 15) is 13.6 Å². The Bertz CT molecular complexity index is 409. The van der Waals surface area contributed by atoms with Gasteiger partial charge >= 0.3 is 5.97 Å². The Hall–Kier alpha value is -1.69. The Labute approximate surface area is 90.6 Å². The standard InChI is InChI=1S/C10H11F2NO3/c1-16-7-3-2-5(11)9(10(7)12)6(13)4-8(14)15/h2-3,6H,4,13H2,1H3,(H,14,15)/t6-/m0/s1. The third-order valence-corrected chi connectivity index (χ3v) is 2.08. The van der Waals surface area contributed by atoms with Gasteiger partial charge in [-0.2, -0.15) is 0 Å². The lowest BCUT2D eigenvalue weighted by Crippen LogP contribution is -2.18. The van der Waals surface area contributed by atoms with Crippen LogP contribution in [-0.4, -0.2) is 18.2 Å². The Balaban J connectivity index is 3.15. The molecule has 1 rings (SSSR count). The number of benzene rings is 1. The Kier molecular flexibility index (Phi) is 3.78. The molecular weight excluding hydrogens is 220 g/mol. The summed E-state index contributed by atoms with van der Waals surface area (Å²) in [5.74, 6) is -3.24. The van der Waals surface area contributed by atoms with E-state index >= 15 is 0 Å². The molecule has 1 aromatic carbocycles. The van der Waals surface area contributed by atoms with Crippen LogP contribution in [0.3, 0.4) is 0 Å². The zero-order chi connectivity index (χ0) is 12.3. The van der Waals surface area contributed by atoms with Gasteiger partial charge in [-0.3, -0.25) is 4.79 Å². The lowest BCUT2D eigenvalue weighted by Gasteiger charge is -2.13. The fourth-order valence-electron chi connectivity index (χ4n) is 1.34. The molecular formula is C10H11F2NO3. The molecule has 6 heteroatoms. The molecule has 0 aliphatic rings. The van der Waals surface area contributed by atoms with Crippen molar-refractivity contribution in [2.24, 2.45) is 5.73 Å². The number of hydrogen-bond acceptors (Lipinski definition) is 3. The fraction of sp³-hybridized carbons (Fsp3) is 0.300. The number of methoxy groups -OCH3 is 1. The number of ether oxygens (including phenoxy) is 1. The smallest absolute Gasteiger partial charge is 0.305 e. The van der Waals surface area contributed by atoms with Gasteiger partial charge in [-0.05, 0) is 12.1 Å². The van der Waals surface area contributed by atoms with Crippen LogP contribution in [0.15, 0.2) is 12.1 Å². The van der Waals surface area contributed by atoms with Crippen molar-refractivity contribution >= 4 is 5.97 Å². The van der Waals surface area contributed by atoms with Crippen molar-refractivity contribution in [3.8, 4) is 5.75 Å². The van der Waals surface area contributed by atoms with Crippen molar-refractivity contribution < 1.29 is 23.4 Å². The summed E-state index contributed by atoms with van der Waals surface area (Å²) in [7, 11) is 1.23. The average Bonchev–Trinajstić information content (AvgIpc) is 2.16. The van der Waals surface area contributed by atoms with Crippen molar-refractivity contribution in [3.63, 3.8) is 0 Å². The van der Waals surface area contributed by atoms with Gasteiger partial charge in [0.15, 0.2) is 11.6 Å². The first kappa shape index (κ1) is 12.4. The molecule has 88 valence electrons.